The van der Waals surface area contributed by atoms with Crippen LogP contribution in [0.25, 0.3) is 0 Å². The van der Waals surface area contributed by atoms with Crippen molar-refractivity contribution in [1.82, 2.24) is 9.97 Å². The first kappa shape index (κ1) is 13.7. The molecule has 0 aliphatic heterocycles. The van der Waals surface area contributed by atoms with Crippen molar-refractivity contribution in [2.75, 3.05) is 12.4 Å². The molecule has 1 aromatic carbocycles. The van der Waals surface area contributed by atoms with E-state index >= 15 is 0 Å². The molecule has 0 aliphatic rings. The third-order valence-electron chi connectivity index (χ3n) is 2.74. The second kappa shape index (κ2) is 5.96. The van der Waals surface area contributed by atoms with Crippen LogP contribution in [0.5, 0.6) is 11.6 Å². The van der Waals surface area contributed by atoms with Crippen molar-refractivity contribution in [3.05, 3.63) is 46.3 Å². The predicted molar refractivity (Wildman–Crippen MR) is 74.1 cm³/mol. The second-order valence-electron chi connectivity index (χ2n) is 4.01. The van der Waals surface area contributed by atoms with Gasteiger partial charge >= 0.3 is 5.69 Å². The molecule has 0 spiro atoms. The fourth-order valence-corrected chi connectivity index (χ4v) is 1.66. The van der Waals surface area contributed by atoms with Gasteiger partial charge in [0.15, 0.2) is 0 Å². The summed E-state index contributed by atoms with van der Waals surface area (Å²) in [4.78, 5) is 18.5. The Morgan fingerprint density at radius 3 is 2.80 bits per heavy atom. The van der Waals surface area contributed by atoms with Crippen LogP contribution in [0, 0.1) is 10.1 Å². The molecule has 0 radical (unpaired) electrons. The standard InChI is InChI=1S/C13H14N4O3/c1-3-9-4-5-11(10(6-9)17(18)19)20-13-7-12(14-2)15-8-16-13/h4-8H,3H2,1-2H3,(H,14,15,16). The summed E-state index contributed by atoms with van der Waals surface area (Å²) in [6, 6.07) is 6.45. The number of nitrogens with one attached hydrogen (secondary N) is 1. The van der Waals surface area contributed by atoms with Gasteiger partial charge in [0.05, 0.1) is 4.92 Å². The smallest absolute Gasteiger partial charge is 0.311 e. The minimum Gasteiger partial charge on any atom is -0.432 e. The summed E-state index contributed by atoms with van der Waals surface area (Å²) in [7, 11) is 1.71. The van der Waals surface area contributed by atoms with Gasteiger partial charge in [-0.2, -0.15) is 0 Å². The lowest BCUT2D eigenvalue weighted by Gasteiger charge is -2.07. The molecule has 0 bridgehead atoms. The number of rotatable bonds is 5. The van der Waals surface area contributed by atoms with Gasteiger partial charge in [0.2, 0.25) is 11.6 Å². The van der Waals surface area contributed by atoms with Gasteiger partial charge < -0.3 is 10.1 Å². The average molecular weight is 274 g/mol. The molecule has 0 aliphatic carbocycles. The van der Waals surface area contributed by atoms with E-state index in [0.29, 0.717) is 5.82 Å². The summed E-state index contributed by atoms with van der Waals surface area (Å²) in [5, 5.41) is 13.9. The van der Waals surface area contributed by atoms with E-state index in [9.17, 15) is 10.1 Å². The summed E-state index contributed by atoms with van der Waals surface area (Å²) in [6.07, 6.45) is 2.05. The van der Waals surface area contributed by atoms with Crippen molar-refractivity contribution >= 4 is 11.5 Å². The van der Waals surface area contributed by atoms with Crippen LogP contribution >= 0.6 is 0 Å². The number of aryl methyl sites for hydroxylation is 1. The second-order valence-corrected chi connectivity index (χ2v) is 4.01. The monoisotopic (exact) mass is 274 g/mol. The van der Waals surface area contributed by atoms with Gasteiger partial charge in [-0.05, 0) is 18.1 Å². The molecule has 7 heteroatoms. The lowest BCUT2D eigenvalue weighted by Crippen LogP contribution is -1.98. The first-order chi connectivity index (χ1) is 9.63. The van der Waals surface area contributed by atoms with Gasteiger partial charge in [0.1, 0.15) is 12.1 Å². The van der Waals surface area contributed by atoms with Crippen LogP contribution in [-0.4, -0.2) is 21.9 Å². The number of nitro groups is 1. The molecule has 0 fully saturated rings. The van der Waals surface area contributed by atoms with E-state index in [2.05, 4.69) is 15.3 Å². The molecular weight excluding hydrogens is 260 g/mol. The summed E-state index contributed by atoms with van der Waals surface area (Å²) in [6.45, 7) is 1.93. The fraction of sp³-hybridized carbons (Fsp3) is 0.231. The van der Waals surface area contributed by atoms with Gasteiger partial charge in [-0.3, -0.25) is 10.1 Å². The number of hydrogen-bond acceptors (Lipinski definition) is 6. The van der Waals surface area contributed by atoms with Gasteiger partial charge in [-0.25, -0.2) is 9.97 Å². The number of aromatic nitrogens is 2. The van der Waals surface area contributed by atoms with Gasteiger partial charge in [0.25, 0.3) is 0 Å². The first-order valence-electron chi connectivity index (χ1n) is 6.09. The molecule has 1 N–H and O–H groups in total. The summed E-state index contributed by atoms with van der Waals surface area (Å²) < 4.78 is 5.48. The normalized spacial score (nSPS) is 10.1. The Hall–Kier alpha value is -2.70. The van der Waals surface area contributed by atoms with E-state index < -0.39 is 4.92 Å². The van der Waals surface area contributed by atoms with Crippen molar-refractivity contribution in [2.24, 2.45) is 0 Å². The molecule has 2 aromatic rings. The molecule has 1 heterocycles. The molecule has 1 aromatic heterocycles. The van der Waals surface area contributed by atoms with Crippen LogP contribution < -0.4 is 10.1 Å². The van der Waals surface area contributed by atoms with E-state index in [4.69, 9.17) is 4.74 Å². The highest BCUT2D eigenvalue weighted by Gasteiger charge is 2.17. The van der Waals surface area contributed by atoms with E-state index in [1.54, 1.807) is 25.2 Å². The van der Waals surface area contributed by atoms with E-state index in [1.807, 2.05) is 6.92 Å². The zero-order valence-electron chi connectivity index (χ0n) is 11.2. The van der Waals surface area contributed by atoms with Crippen LogP contribution in [0.15, 0.2) is 30.6 Å². The number of hydrogen-bond donors (Lipinski definition) is 1. The Morgan fingerprint density at radius 1 is 1.35 bits per heavy atom. The van der Waals surface area contributed by atoms with Gasteiger partial charge in [-0.1, -0.05) is 13.0 Å². The van der Waals surface area contributed by atoms with Crippen LogP contribution in [-0.2, 0) is 6.42 Å². The first-order valence-corrected chi connectivity index (χ1v) is 6.09. The van der Waals surface area contributed by atoms with Gasteiger partial charge in [0, 0.05) is 19.2 Å². The molecule has 104 valence electrons. The Morgan fingerprint density at radius 2 is 2.15 bits per heavy atom. The highest BCUT2D eigenvalue weighted by atomic mass is 16.6. The number of ether oxygens (including phenoxy) is 1. The average Bonchev–Trinajstić information content (AvgIpc) is 2.47. The quantitative estimate of drug-likeness (QED) is 0.666. The van der Waals surface area contributed by atoms with E-state index in [-0.39, 0.29) is 17.3 Å². The molecular formula is C13H14N4O3. The van der Waals surface area contributed by atoms with Crippen LogP contribution in [0.1, 0.15) is 12.5 Å². The van der Waals surface area contributed by atoms with Crippen molar-refractivity contribution < 1.29 is 9.66 Å². The number of nitrogens with zero attached hydrogens (tertiary/aromatic N) is 3. The topological polar surface area (TPSA) is 90.2 Å². The third kappa shape index (κ3) is 3.00. The zero-order chi connectivity index (χ0) is 14.5. The van der Waals surface area contributed by atoms with Crippen LogP contribution in [0.3, 0.4) is 0 Å². The van der Waals surface area contributed by atoms with Crippen molar-refractivity contribution in [3.63, 3.8) is 0 Å². The summed E-state index contributed by atoms with van der Waals surface area (Å²) >= 11 is 0. The zero-order valence-corrected chi connectivity index (χ0v) is 11.2. The number of anilines is 1. The molecule has 0 atom stereocenters. The molecule has 7 nitrogen and oxygen atoms in total. The van der Waals surface area contributed by atoms with Crippen LogP contribution in [0.2, 0.25) is 0 Å². The highest BCUT2D eigenvalue weighted by molar-refractivity contribution is 5.50. The largest absolute Gasteiger partial charge is 0.432 e. The maximum atomic E-state index is 11.1. The maximum Gasteiger partial charge on any atom is 0.311 e. The number of nitro benzene ring substituents is 1. The molecule has 0 amide bonds. The number of benzene rings is 1. The highest BCUT2D eigenvalue weighted by Crippen LogP contribution is 2.31. The van der Waals surface area contributed by atoms with Crippen molar-refractivity contribution in [3.8, 4) is 11.6 Å². The fourth-order valence-electron chi connectivity index (χ4n) is 1.66. The molecule has 0 saturated heterocycles. The SMILES string of the molecule is CCc1ccc(Oc2cc(NC)ncn2)c([N+](=O)[O-])c1. The van der Waals surface area contributed by atoms with E-state index in [1.165, 1.54) is 12.4 Å². The Bertz CT molecular complexity index is 631. The van der Waals surface area contributed by atoms with Crippen LogP contribution in [0.4, 0.5) is 11.5 Å². The van der Waals surface area contributed by atoms with Gasteiger partial charge in [-0.15, -0.1) is 0 Å². The minimum atomic E-state index is -0.464. The van der Waals surface area contributed by atoms with Crippen molar-refractivity contribution in [1.29, 1.82) is 0 Å². The molecule has 0 unspecified atom stereocenters. The predicted octanol–water partition coefficient (Wildman–Crippen LogP) is 2.78. The Balaban J connectivity index is 2.34. The maximum absolute atomic E-state index is 11.1. The summed E-state index contributed by atoms with van der Waals surface area (Å²) in [5.74, 6) is 0.979. The van der Waals surface area contributed by atoms with Crippen molar-refractivity contribution in [2.45, 2.75) is 13.3 Å². The third-order valence-corrected chi connectivity index (χ3v) is 2.74. The Kier molecular flexibility index (Phi) is 4.09. The molecule has 0 saturated carbocycles. The summed E-state index contributed by atoms with van der Waals surface area (Å²) in [5.41, 5.74) is 0.802. The minimum absolute atomic E-state index is 0.0750. The molecule has 2 rings (SSSR count). The lowest BCUT2D eigenvalue weighted by atomic mass is 10.1. The molecule has 20 heavy (non-hydrogen) atoms. The Labute approximate surface area is 115 Å². The van der Waals surface area contributed by atoms with E-state index in [0.717, 1.165) is 12.0 Å². The lowest BCUT2D eigenvalue weighted by molar-refractivity contribution is -0.385.